The van der Waals surface area contributed by atoms with Crippen molar-refractivity contribution in [2.24, 2.45) is 5.92 Å². The monoisotopic (exact) mass is 186 g/mol. The summed E-state index contributed by atoms with van der Waals surface area (Å²) in [6.07, 6.45) is 2.82. The first-order valence-corrected chi connectivity index (χ1v) is 4.91. The van der Waals surface area contributed by atoms with Crippen molar-refractivity contribution in [1.29, 1.82) is 0 Å². The largest absolute Gasteiger partial charge is 0.299 e. The molecule has 0 saturated heterocycles. The number of rotatable bonds is 3. The summed E-state index contributed by atoms with van der Waals surface area (Å²) in [7, 11) is 0. The fraction of sp³-hybridized carbons (Fsp3) is 0.308. The minimum absolute atomic E-state index is 0.247. The SMILES string of the molecule is C=CC1CC1(C(C)=O)c1ccccc1. The molecule has 1 aromatic carbocycles. The fourth-order valence-electron chi connectivity index (χ4n) is 2.25. The number of hydrogen-bond donors (Lipinski definition) is 0. The molecule has 2 unspecified atom stereocenters. The molecule has 2 rings (SSSR count). The molecule has 1 fully saturated rings. The van der Waals surface area contributed by atoms with Crippen LogP contribution in [-0.2, 0) is 10.2 Å². The summed E-state index contributed by atoms with van der Waals surface area (Å²) in [5, 5.41) is 0. The van der Waals surface area contributed by atoms with E-state index in [1.54, 1.807) is 6.92 Å². The van der Waals surface area contributed by atoms with E-state index >= 15 is 0 Å². The van der Waals surface area contributed by atoms with Gasteiger partial charge in [-0.05, 0) is 24.8 Å². The first-order chi connectivity index (χ1) is 6.71. The van der Waals surface area contributed by atoms with E-state index in [9.17, 15) is 4.79 Å². The lowest BCUT2D eigenvalue weighted by molar-refractivity contribution is -0.119. The lowest BCUT2D eigenvalue weighted by atomic mass is 9.89. The van der Waals surface area contributed by atoms with Crippen LogP contribution in [0.2, 0.25) is 0 Å². The Morgan fingerprint density at radius 1 is 1.50 bits per heavy atom. The van der Waals surface area contributed by atoms with Gasteiger partial charge in [0, 0.05) is 0 Å². The molecular formula is C13H14O. The van der Waals surface area contributed by atoms with Crippen molar-refractivity contribution < 1.29 is 4.79 Å². The molecule has 1 nitrogen and oxygen atoms in total. The molecule has 14 heavy (non-hydrogen) atoms. The number of benzene rings is 1. The van der Waals surface area contributed by atoms with Crippen molar-refractivity contribution in [1.82, 2.24) is 0 Å². The lowest BCUT2D eigenvalue weighted by Crippen LogP contribution is -2.19. The van der Waals surface area contributed by atoms with E-state index in [4.69, 9.17) is 0 Å². The van der Waals surface area contributed by atoms with Gasteiger partial charge < -0.3 is 0 Å². The first kappa shape index (κ1) is 9.20. The normalized spacial score (nSPS) is 29.6. The Morgan fingerprint density at radius 3 is 2.57 bits per heavy atom. The zero-order chi connectivity index (χ0) is 10.2. The Labute approximate surface area is 84.5 Å². The topological polar surface area (TPSA) is 17.1 Å². The second-order valence-corrected chi connectivity index (χ2v) is 3.94. The van der Waals surface area contributed by atoms with Gasteiger partial charge in [0.1, 0.15) is 5.78 Å². The highest BCUT2D eigenvalue weighted by molar-refractivity contribution is 5.92. The van der Waals surface area contributed by atoms with Crippen LogP contribution in [0.1, 0.15) is 18.9 Å². The van der Waals surface area contributed by atoms with E-state index in [1.165, 1.54) is 0 Å². The van der Waals surface area contributed by atoms with Crippen molar-refractivity contribution in [3.63, 3.8) is 0 Å². The smallest absolute Gasteiger partial charge is 0.140 e. The van der Waals surface area contributed by atoms with Crippen molar-refractivity contribution in [3.8, 4) is 0 Å². The average molecular weight is 186 g/mol. The lowest BCUT2D eigenvalue weighted by Gasteiger charge is -2.12. The Hall–Kier alpha value is -1.37. The average Bonchev–Trinajstić information content (AvgIpc) is 2.94. The number of hydrogen-bond acceptors (Lipinski definition) is 1. The number of carbonyl (C=O) groups excluding carboxylic acids is 1. The minimum atomic E-state index is -0.247. The molecule has 0 radical (unpaired) electrons. The molecule has 1 saturated carbocycles. The van der Waals surface area contributed by atoms with Crippen molar-refractivity contribution in [2.75, 3.05) is 0 Å². The molecule has 1 aromatic rings. The summed E-state index contributed by atoms with van der Waals surface area (Å²) >= 11 is 0. The highest BCUT2D eigenvalue weighted by Gasteiger charge is 2.57. The highest BCUT2D eigenvalue weighted by Crippen LogP contribution is 2.55. The fourth-order valence-corrected chi connectivity index (χ4v) is 2.25. The van der Waals surface area contributed by atoms with Gasteiger partial charge in [-0.15, -0.1) is 6.58 Å². The van der Waals surface area contributed by atoms with Gasteiger partial charge in [-0.2, -0.15) is 0 Å². The van der Waals surface area contributed by atoms with Crippen LogP contribution >= 0.6 is 0 Å². The van der Waals surface area contributed by atoms with Crippen molar-refractivity contribution in [3.05, 3.63) is 48.6 Å². The van der Waals surface area contributed by atoms with Gasteiger partial charge in [-0.3, -0.25) is 4.79 Å². The van der Waals surface area contributed by atoms with Crippen LogP contribution in [0.15, 0.2) is 43.0 Å². The van der Waals surface area contributed by atoms with E-state index in [2.05, 4.69) is 6.58 Å². The quantitative estimate of drug-likeness (QED) is 0.663. The van der Waals surface area contributed by atoms with E-state index in [1.807, 2.05) is 36.4 Å². The summed E-state index contributed by atoms with van der Waals surface area (Å²) < 4.78 is 0. The summed E-state index contributed by atoms with van der Waals surface area (Å²) in [5.41, 5.74) is 0.889. The second-order valence-electron chi connectivity index (χ2n) is 3.94. The zero-order valence-electron chi connectivity index (χ0n) is 8.36. The minimum Gasteiger partial charge on any atom is -0.299 e. The van der Waals surface area contributed by atoms with E-state index in [-0.39, 0.29) is 11.2 Å². The summed E-state index contributed by atoms with van der Waals surface area (Å²) in [6, 6.07) is 10.0. The second kappa shape index (κ2) is 3.09. The van der Waals surface area contributed by atoms with Crippen LogP contribution in [0.25, 0.3) is 0 Å². The Kier molecular flexibility index (Phi) is 2.03. The molecule has 0 N–H and O–H groups in total. The maximum Gasteiger partial charge on any atom is 0.140 e. The van der Waals surface area contributed by atoms with Gasteiger partial charge in [0.15, 0.2) is 0 Å². The maximum absolute atomic E-state index is 11.6. The first-order valence-electron chi connectivity index (χ1n) is 4.91. The molecule has 0 aliphatic heterocycles. The maximum atomic E-state index is 11.6. The van der Waals surface area contributed by atoms with Crippen molar-refractivity contribution in [2.45, 2.75) is 18.8 Å². The summed E-state index contributed by atoms with van der Waals surface area (Å²) in [6.45, 7) is 5.45. The van der Waals surface area contributed by atoms with Crippen LogP contribution < -0.4 is 0 Å². The number of allylic oxidation sites excluding steroid dienone is 1. The summed E-state index contributed by atoms with van der Waals surface area (Å²) in [4.78, 5) is 11.6. The third-order valence-electron chi connectivity index (χ3n) is 3.22. The number of carbonyl (C=O) groups is 1. The predicted octanol–water partition coefficient (Wildman–Crippen LogP) is 2.72. The molecule has 0 amide bonds. The number of Topliss-reactive ketones (excluding diaryl/α,β-unsaturated/α-hetero) is 1. The van der Waals surface area contributed by atoms with Gasteiger partial charge in [0.2, 0.25) is 0 Å². The molecule has 0 bridgehead atoms. The van der Waals surface area contributed by atoms with Crippen LogP contribution in [0.5, 0.6) is 0 Å². The summed E-state index contributed by atoms with van der Waals surface area (Å²) in [5.74, 6) is 0.594. The van der Waals surface area contributed by atoms with Gasteiger partial charge >= 0.3 is 0 Å². The van der Waals surface area contributed by atoms with Gasteiger partial charge in [-0.1, -0.05) is 36.4 Å². The molecule has 1 aliphatic carbocycles. The molecule has 0 heterocycles. The molecule has 0 spiro atoms. The molecule has 2 atom stereocenters. The molecular weight excluding hydrogens is 172 g/mol. The van der Waals surface area contributed by atoms with Crippen LogP contribution in [0, 0.1) is 5.92 Å². The molecule has 0 aromatic heterocycles. The van der Waals surface area contributed by atoms with E-state index in [0.717, 1.165) is 12.0 Å². The standard InChI is InChI=1S/C13H14O/c1-3-11-9-13(11,10(2)14)12-7-5-4-6-8-12/h3-8,11H,1,9H2,2H3. The zero-order valence-corrected chi connectivity index (χ0v) is 8.36. The highest BCUT2D eigenvalue weighted by atomic mass is 16.1. The van der Waals surface area contributed by atoms with Crippen LogP contribution in [0.3, 0.4) is 0 Å². The van der Waals surface area contributed by atoms with Gasteiger partial charge in [-0.25, -0.2) is 0 Å². The Balaban J connectivity index is 2.41. The predicted molar refractivity (Wildman–Crippen MR) is 57.1 cm³/mol. The Bertz CT molecular complexity index is 366. The molecule has 1 heteroatoms. The molecule has 1 aliphatic rings. The van der Waals surface area contributed by atoms with Crippen LogP contribution in [0.4, 0.5) is 0 Å². The molecule has 72 valence electrons. The van der Waals surface area contributed by atoms with Crippen molar-refractivity contribution >= 4 is 5.78 Å². The van der Waals surface area contributed by atoms with E-state index in [0.29, 0.717) is 5.92 Å². The van der Waals surface area contributed by atoms with Gasteiger partial charge in [0.25, 0.3) is 0 Å². The Morgan fingerprint density at radius 2 is 2.14 bits per heavy atom. The van der Waals surface area contributed by atoms with E-state index < -0.39 is 0 Å². The third kappa shape index (κ3) is 1.12. The number of ketones is 1. The third-order valence-corrected chi connectivity index (χ3v) is 3.22. The van der Waals surface area contributed by atoms with Gasteiger partial charge in [0.05, 0.1) is 5.41 Å². The van der Waals surface area contributed by atoms with Crippen LogP contribution in [-0.4, -0.2) is 5.78 Å².